The van der Waals surface area contributed by atoms with Gasteiger partial charge in [0.2, 0.25) is 11.8 Å². The first-order chi connectivity index (χ1) is 19.3. The molecule has 3 rings (SSSR count). The van der Waals surface area contributed by atoms with Crippen LogP contribution in [0.3, 0.4) is 0 Å². The second kappa shape index (κ2) is 15.2. The molecule has 6 N–H and O–H groups in total. The molecule has 1 heterocycles. The third-order valence-electron chi connectivity index (χ3n) is 5.31. The van der Waals surface area contributed by atoms with Gasteiger partial charge >= 0.3 is 18.1 Å². The summed E-state index contributed by atoms with van der Waals surface area (Å²) in [7, 11) is 0. The number of carbonyl (C=O) groups excluding carboxylic acids is 4. The van der Waals surface area contributed by atoms with Crippen molar-refractivity contribution in [2.24, 2.45) is 0 Å². The minimum atomic E-state index is -1.42. The zero-order valence-electron chi connectivity index (χ0n) is 21.3. The highest BCUT2D eigenvalue weighted by Gasteiger charge is 2.21. The Hall–Kier alpha value is -5.33. The Balaban J connectivity index is 1.33. The van der Waals surface area contributed by atoms with E-state index in [9.17, 15) is 29.1 Å². The van der Waals surface area contributed by atoms with Gasteiger partial charge in [-0.25, -0.2) is 14.4 Å². The molecule has 1 atom stereocenters. The minimum Gasteiger partial charge on any atom is -0.480 e. The van der Waals surface area contributed by atoms with Crippen LogP contribution in [0.15, 0.2) is 77.2 Å². The number of amides is 5. The number of furan rings is 1. The van der Waals surface area contributed by atoms with Crippen molar-refractivity contribution in [3.8, 4) is 0 Å². The zero-order chi connectivity index (χ0) is 28.7. The lowest BCUT2D eigenvalue weighted by molar-refractivity contribution is -0.139. The summed E-state index contributed by atoms with van der Waals surface area (Å²) in [6.07, 6.45) is -1.11. The molecule has 13 nitrogen and oxygen atoms in total. The average Bonchev–Trinajstić information content (AvgIpc) is 3.42. The standard InChI is InChI=1S/C27H29N5O8/c33-22(29-16-20(25(35)36)31-27(38)39-17-19-9-5-2-6-10-19)13-14-28-24(34)21-11-12-23(40-21)32-26(37)30-15-18-7-3-1-4-8-18/h1-12,20H,13-17H2,(H,28,34)(H,29,33)(H,31,38)(H,35,36)(H2,30,32,37)/t20-/m1/s1. The van der Waals surface area contributed by atoms with E-state index in [1.807, 2.05) is 30.3 Å². The summed E-state index contributed by atoms with van der Waals surface area (Å²) >= 11 is 0. The summed E-state index contributed by atoms with van der Waals surface area (Å²) in [6.45, 7) is -0.192. The van der Waals surface area contributed by atoms with E-state index in [1.165, 1.54) is 12.1 Å². The Morgan fingerprint density at radius 2 is 1.50 bits per heavy atom. The summed E-state index contributed by atoms with van der Waals surface area (Å²) in [5, 5.41) is 21.5. The van der Waals surface area contributed by atoms with Gasteiger partial charge in [0, 0.05) is 32.1 Å². The van der Waals surface area contributed by atoms with E-state index < -0.39 is 35.9 Å². The van der Waals surface area contributed by atoms with Gasteiger partial charge in [0.25, 0.3) is 5.91 Å². The minimum absolute atomic E-state index is 0.0419. The van der Waals surface area contributed by atoms with Crippen molar-refractivity contribution in [2.45, 2.75) is 25.6 Å². The molecule has 0 saturated carbocycles. The quantitative estimate of drug-likeness (QED) is 0.186. The van der Waals surface area contributed by atoms with Crippen molar-refractivity contribution in [1.82, 2.24) is 21.3 Å². The number of hydrogen-bond donors (Lipinski definition) is 6. The molecule has 0 spiro atoms. The summed E-state index contributed by atoms with van der Waals surface area (Å²) in [5.74, 6) is -2.55. The van der Waals surface area contributed by atoms with Gasteiger partial charge in [0.1, 0.15) is 12.6 Å². The van der Waals surface area contributed by atoms with Crippen molar-refractivity contribution < 1.29 is 38.2 Å². The average molecular weight is 552 g/mol. The lowest BCUT2D eigenvalue weighted by Gasteiger charge is -2.15. The van der Waals surface area contributed by atoms with Gasteiger partial charge in [0.15, 0.2) is 5.76 Å². The van der Waals surface area contributed by atoms with E-state index in [1.54, 1.807) is 30.3 Å². The van der Waals surface area contributed by atoms with Crippen LogP contribution in [-0.2, 0) is 27.5 Å². The van der Waals surface area contributed by atoms with Crippen molar-refractivity contribution in [1.29, 1.82) is 0 Å². The lowest BCUT2D eigenvalue weighted by Crippen LogP contribution is -2.48. The fourth-order valence-electron chi connectivity index (χ4n) is 3.25. The molecule has 5 amide bonds. The summed E-state index contributed by atoms with van der Waals surface area (Å²) in [4.78, 5) is 59.7. The molecule has 0 bridgehead atoms. The number of aliphatic carboxylic acids is 1. The Kier molecular flexibility index (Phi) is 11.1. The summed E-state index contributed by atoms with van der Waals surface area (Å²) in [6, 6.07) is 19.0. The molecule has 0 aliphatic rings. The predicted octanol–water partition coefficient (Wildman–Crippen LogP) is 2.22. The van der Waals surface area contributed by atoms with E-state index in [0.29, 0.717) is 6.54 Å². The second-order valence-corrected chi connectivity index (χ2v) is 8.36. The third kappa shape index (κ3) is 10.2. The number of urea groups is 1. The van der Waals surface area contributed by atoms with Crippen LogP contribution in [0.25, 0.3) is 0 Å². The topological polar surface area (TPSA) is 188 Å². The van der Waals surface area contributed by atoms with Gasteiger partial charge in [-0.05, 0) is 17.2 Å². The summed E-state index contributed by atoms with van der Waals surface area (Å²) < 4.78 is 10.3. The molecule has 1 aromatic heterocycles. The van der Waals surface area contributed by atoms with Gasteiger partial charge in [0.05, 0.1) is 0 Å². The second-order valence-electron chi connectivity index (χ2n) is 8.36. The number of carboxylic acids is 1. The highest BCUT2D eigenvalue weighted by molar-refractivity contribution is 5.93. The molecule has 0 radical (unpaired) electrons. The van der Waals surface area contributed by atoms with Gasteiger partial charge in [-0.15, -0.1) is 0 Å². The monoisotopic (exact) mass is 551 g/mol. The number of carboxylic acid groups (broad SMARTS) is 1. The number of hydrogen-bond acceptors (Lipinski definition) is 7. The van der Waals surface area contributed by atoms with Crippen LogP contribution in [0.5, 0.6) is 0 Å². The van der Waals surface area contributed by atoms with E-state index in [0.717, 1.165) is 11.1 Å². The maximum absolute atomic E-state index is 12.3. The predicted molar refractivity (Wildman–Crippen MR) is 142 cm³/mol. The molecule has 210 valence electrons. The third-order valence-corrected chi connectivity index (χ3v) is 5.31. The van der Waals surface area contributed by atoms with Crippen LogP contribution in [-0.4, -0.2) is 54.1 Å². The van der Waals surface area contributed by atoms with Crippen LogP contribution >= 0.6 is 0 Å². The molecular weight excluding hydrogens is 522 g/mol. The van der Waals surface area contributed by atoms with Crippen LogP contribution in [0, 0.1) is 0 Å². The van der Waals surface area contributed by atoms with Gasteiger partial charge in [-0.3, -0.25) is 14.9 Å². The number of anilines is 1. The fraction of sp³-hybridized carbons (Fsp3) is 0.222. The Morgan fingerprint density at radius 1 is 0.825 bits per heavy atom. The molecule has 3 aromatic rings. The number of alkyl carbamates (subject to hydrolysis) is 1. The van der Waals surface area contributed by atoms with Crippen LogP contribution < -0.4 is 26.6 Å². The molecule has 13 heteroatoms. The molecular formula is C27H29N5O8. The van der Waals surface area contributed by atoms with Crippen molar-refractivity contribution in [2.75, 3.05) is 18.4 Å². The Morgan fingerprint density at radius 3 is 2.17 bits per heavy atom. The van der Waals surface area contributed by atoms with E-state index in [4.69, 9.17) is 9.15 Å². The normalized spacial score (nSPS) is 11.0. The van der Waals surface area contributed by atoms with Crippen molar-refractivity contribution in [3.63, 3.8) is 0 Å². The van der Waals surface area contributed by atoms with Crippen molar-refractivity contribution in [3.05, 3.63) is 89.7 Å². The first kappa shape index (κ1) is 29.2. The number of carbonyl (C=O) groups is 5. The first-order valence-corrected chi connectivity index (χ1v) is 12.2. The maximum Gasteiger partial charge on any atom is 0.408 e. The van der Waals surface area contributed by atoms with E-state index in [-0.39, 0.29) is 37.8 Å². The first-order valence-electron chi connectivity index (χ1n) is 12.2. The molecule has 0 saturated heterocycles. The lowest BCUT2D eigenvalue weighted by atomic mass is 10.2. The van der Waals surface area contributed by atoms with Gasteiger partial charge in [-0.2, -0.15) is 0 Å². The number of benzene rings is 2. The molecule has 2 aromatic carbocycles. The van der Waals surface area contributed by atoms with E-state index >= 15 is 0 Å². The van der Waals surface area contributed by atoms with Crippen LogP contribution in [0.2, 0.25) is 0 Å². The van der Waals surface area contributed by atoms with Crippen LogP contribution in [0.1, 0.15) is 28.1 Å². The number of nitrogens with one attached hydrogen (secondary N) is 5. The SMILES string of the molecule is O=C(CCNC(=O)c1ccc(NC(=O)NCc2ccccc2)o1)NC[C@@H](NC(=O)OCc1ccccc1)C(=O)O. The largest absolute Gasteiger partial charge is 0.480 e. The van der Waals surface area contributed by atoms with E-state index in [2.05, 4.69) is 26.6 Å². The highest BCUT2D eigenvalue weighted by atomic mass is 16.5. The zero-order valence-corrected chi connectivity index (χ0v) is 21.3. The highest BCUT2D eigenvalue weighted by Crippen LogP contribution is 2.13. The molecule has 0 unspecified atom stereocenters. The van der Waals surface area contributed by atoms with Crippen molar-refractivity contribution >= 4 is 35.8 Å². The Labute approximate surface area is 229 Å². The smallest absolute Gasteiger partial charge is 0.408 e. The number of rotatable bonds is 13. The van der Waals surface area contributed by atoms with Gasteiger partial charge < -0.3 is 35.5 Å². The molecule has 40 heavy (non-hydrogen) atoms. The summed E-state index contributed by atoms with van der Waals surface area (Å²) in [5.41, 5.74) is 1.64. The molecule has 0 fully saturated rings. The Bertz CT molecular complexity index is 1300. The van der Waals surface area contributed by atoms with Gasteiger partial charge in [-0.1, -0.05) is 60.7 Å². The van der Waals surface area contributed by atoms with Crippen LogP contribution in [0.4, 0.5) is 15.5 Å². The molecule has 0 aliphatic carbocycles. The number of ether oxygens (including phenoxy) is 1. The molecule has 0 aliphatic heterocycles. The fourth-order valence-corrected chi connectivity index (χ4v) is 3.25. The maximum atomic E-state index is 12.3.